The number of nitrogens with one attached hydrogen (secondary N) is 1. The first-order valence-electron chi connectivity index (χ1n) is 6.63. The number of halogens is 3. The molecule has 0 atom stereocenters. The number of fused-ring (bicyclic) bond motifs is 1. The lowest BCUT2D eigenvalue weighted by Crippen LogP contribution is -2.14. The van der Waals surface area contributed by atoms with Crippen molar-refractivity contribution in [2.45, 2.75) is 6.18 Å². The number of rotatable bonds is 2. The van der Waals surface area contributed by atoms with Crippen LogP contribution < -0.4 is 5.32 Å². The van der Waals surface area contributed by atoms with E-state index in [0.29, 0.717) is 17.3 Å². The molecule has 7 heteroatoms. The van der Waals surface area contributed by atoms with Crippen molar-refractivity contribution in [2.24, 2.45) is 0 Å². The highest BCUT2D eigenvalue weighted by Gasteiger charge is 2.30. The quantitative estimate of drug-likeness (QED) is 0.780. The SMILES string of the molecule is O=C(Nc1ccc(C(F)(F)F)cn1)c1cccc2cccnc12. The Morgan fingerprint density at radius 3 is 2.48 bits per heavy atom. The number of nitrogens with zero attached hydrogens (tertiary/aromatic N) is 2. The van der Waals surface area contributed by atoms with Gasteiger partial charge in [-0.25, -0.2) is 4.98 Å². The molecule has 116 valence electrons. The van der Waals surface area contributed by atoms with Crippen LogP contribution in [0, 0.1) is 0 Å². The van der Waals surface area contributed by atoms with Crippen molar-refractivity contribution in [3.63, 3.8) is 0 Å². The van der Waals surface area contributed by atoms with Crippen LogP contribution in [0.25, 0.3) is 10.9 Å². The second-order valence-corrected chi connectivity index (χ2v) is 4.76. The van der Waals surface area contributed by atoms with Gasteiger partial charge in [0.05, 0.1) is 16.6 Å². The third-order valence-electron chi connectivity index (χ3n) is 3.21. The van der Waals surface area contributed by atoms with E-state index in [1.807, 2.05) is 12.1 Å². The summed E-state index contributed by atoms with van der Waals surface area (Å²) >= 11 is 0. The van der Waals surface area contributed by atoms with Gasteiger partial charge in [-0.2, -0.15) is 13.2 Å². The third kappa shape index (κ3) is 3.13. The largest absolute Gasteiger partial charge is 0.417 e. The summed E-state index contributed by atoms with van der Waals surface area (Å²) in [6, 6.07) is 10.7. The van der Waals surface area contributed by atoms with Gasteiger partial charge in [0, 0.05) is 17.8 Å². The maximum Gasteiger partial charge on any atom is 0.417 e. The van der Waals surface area contributed by atoms with Crippen LogP contribution in [0.5, 0.6) is 0 Å². The first-order chi connectivity index (χ1) is 10.9. The summed E-state index contributed by atoms with van der Waals surface area (Å²) in [6.07, 6.45) is -2.22. The number of amides is 1. The van der Waals surface area contributed by atoms with Crippen LogP contribution in [0.15, 0.2) is 54.9 Å². The minimum absolute atomic E-state index is 0.0379. The zero-order valence-electron chi connectivity index (χ0n) is 11.6. The predicted octanol–water partition coefficient (Wildman–Crippen LogP) is 3.90. The molecule has 0 aliphatic rings. The molecule has 0 radical (unpaired) electrons. The molecule has 4 nitrogen and oxygen atoms in total. The van der Waals surface area contributed by atoms with E-state index in [0.717, 1.165) is 17.5 Å². The molecule has 0 aliphatic carbocycles. The van der Waals surface area contributed by atoms with E-state index in [2.05, 4.69) is 15.3 Å². The standard InChI is InChI=1S/C16H10F3N3O/c17-16(18,19)11-6-7-13(21-9-11)22-15(23)12-5-1-3-10-4-2-8-20-14(10)12/h1-9H,(H,21,22,23). The molecule has 2 heterocycles. The van der Waals surface area contributed by atoms with Crippen molar-refractivity contribution in [2.75, 3.05) is 5.32 Å². The zero-order valence-corrected chi connectivity index (χ0v) is 11.6. The topological polar surface area (TPSA) is 54.9 Å². The highest BCUT2D eigenvalue weighted by Crippen LogP contribution is 2.29. The molecule has 1 amide bonds. The Hall–Kier alpha value is -2.96. The van der Waals surface area contributed by atoms with E-state index in [1.165, 1.54) is 0 Å². The fraction of sp³-hybridized carbons (Fsp3) is 0.0625. The molecule has 3 rings (SSSR count). The molecule has 3 aromatic rings. The first kappa shape index (κ1) is 15.0. The molecular formula is C16H10F3N3O. The summed E-state index contributed by atoms with van der Waals surface area (Å²) in [7, 11) is 0. The monoisotopic (exact) mass is 317 g/mol. The van der Waals surface area contributed by atoms with E-state index < -0.39 is 17.6 Å². The number of alkyl halides is 3. The molecule has 0 aliphatic heterocycles. The zero-order chi connectivity index (χ0) is 16.4. The summed E-state index contributed by atoms with van der Waals surface area (Å²) in [4.78, 5) is 20.1. The molecule has 0 saturated heterocycles. The van der Waals surface area contributed by atoms with E-state index >= 15 is 0 Å². The van der Waals surface area contributed by atoms with Crippen LogP contribution in [0.3, 0.4) is 0 Å². The normalized spacial score (nSPS) is 11.4. The van der Waals surface area contributed by atoms with Crippen molar-refractivity contribution in [1.82, 2.24) is 9.97 Å². The number of hydrogen-bond donors (Lipinski definition) is 1. The van der Waals surface area contributed by atoms with Crippen LogP contribution in [0.1, 0.15) is 15.9 Å². The van der Waals surface area contributed by atoms with E-state index in [9.17, 15) is 18.0 Å². The Labute approximate surface area is 129 Å². The predicted molar refractivity (Wildman–Crippen MR) is 78.9 cm³/mol. The number of aromatic nitrogens is 2. The van der Waals surface area contributed by atoms with E-state index in [-0.39, 0.29) is 5.82 Å². The summed E-state index contributed by atoms with van der Waals surface area (Å²) in [5, 5.41) is 3.26. The van der Waals surface area contributed by atoms with Crippen molar-refractivity contribution < 1.29 is 18.0 Å². The molecule has 23 heavy (non-hydrogen) atoms. The van der Waals surface area contributed by atoms with Crippen molar-refractivity contribution >= 4 is 22.6 Å². The maximum absolute atomic E-state index is 12.5. The summed E-state index contributed by atoms with van der Waals surface area (Å²) in [5.74, 6) is -0.447. The number of carbonyl (C=O) groups excluding carboxylic acids is 1. The number of anilines is 1. The fourth-order valence-electron chi connectivity index (χ4n) is 2.11. The number of carbonyl (C=O) groups is 1. The van der Waals surface area contributed by atoms with Gasteiger partial charge in [0.15, 0.2) is 0 Å². The summed E-state index contributed by atoms with van der Waals surface area (Å²) in [6.45, 7) is 0. The average Bonchev–Trinajstić information content (AvgIpc) is 2.54. The molecule has 0 spiro atoms. The Morgan fingerprint density at radius 1 is 1.00 bits per heavy atom. The van der Waals surface area contributed by atoms with Gasteiger partial charge < -0.3 is 5.32 Å². The number of para-hydroxylation sites is 1. The molecule has 0 saturated carbocycles. The van der Waals surface area contributed by atoms with Crippen molar-refractivity contribution in [3.8, 4) is 0 Å². The Balaban J connectivity index is 1.86. The van der Waals surface area contributed by atoms with Gasteiger partial charge in [0.2, 0.25) is 0 Å². The Morgan fingerprint density at radius 2 is 1.78 bits per heavy atom. The molecule has 0 bridgehead atoms. The average molecular weight is 317 g/mol. The number of hydrogen-bond acceptors (Lipinski definition) is 3. The lowest BCUT2D eigenvalue weighted by Gasteiger charge is -2.09. The van der Waals surface area contributed by atoms with Gasteiger partial charge in [0.25, 0.3) is 5.91 Å². The molecule has 1 aromatic carbocycles. The smallest absolute Gasteiger partial charge is 0.306 e. The van der Waals surface area contributed by atoms with Crippen molar-refractivity contribution in [3.05, 3.63) is 66.0 Å². The van der Waals surface area contributed by atoms with Crippen LogP contribution >= 0.6 is 0 Å². The Bertz CT molecular complexity index is 855. The van der Waals surface area contributed by atoms with Gasteiger partial charge in [-0.05, 0) is 24.3 Å². The Kier molecular flexibility index (Phi) is 3.69. The van der Waals surface area contributed by atoms with Crippen LogP contribution in [0.4, 0.5) is 19.0 Å². The number of pyridine rings is 2. The van der Waals surface area contributed by atoms with Gasteiger partial charge in [-0.3, -0.25) is 9.78 Å². The second kappa shape index (κ2) is 5.68. The molecule has 1 N–H and O–H groups in total. The van der Waals surface area contributed by atoms with Gasteiger partial charge >= 0.3 is 6.18 Å². The van der Waals surface area contributed by atoms with Crippen molar-refractivity contribution in [1.29, 1.82) is 0 Å². The number of benzene rings is 1. The maximum atomic E-state index is 12.5. The summed E-state index contributed by atoms with van der Waals surface area (Å²) in [5.41, 5.74) is -0.0356. The minimum atomic E-state index is -4.46. The lowest BCUT2D eigenvalue weighted by molar-refractivity contribution is -0.137. The van der Waals surface area contributed by atoms with Crippen LogP contribution in [-0.2, 0) is 6.18 Å². The van der Waals surface area contributed by atoms with E-state index in [1.54, 1.807) is 24.4 Å². The van der Waals surface area contributed by atoms with Gasteiger partial charge in [-0.15, -0.1) is 0 Å². The van der Waals surface area contributed by atoms with Gasteiger partial charge in [-0.1, -0.05) is 18.2 Å². The minimum Gasteiger partial charge on any atom is -0.306 e. The van der Waals surface area contributed by atoms with E-state index in [4.69, 9.17) is 0 Å². The lowest BCUT2D eigenvalue weighted by atomic mass is 10.1. The highest BCUT2D eigenvalue weighted by molar-refractivity contribution is 6.11. The summed E-state index contributed by atoms with van der Waals surface area (Å²) < 4.78 is 37.5. The van der Waals surface area contributed by atoms with Gasteiger partial charge in [0.1, 0.15) is 5.82 Å². The molecule has 0 unspecified atom stereocenters. The molecular weight excluding hydrogens is 307 g/mol. The highest BCUT2D eigenvalue weighted by atomic mass is 19.4. The molecule has 0 fully saturated rings. The van der Waals surface area contributed by atoms with Crippen LogP contribution in [0.2, 0.25) is 0 Å². The fourth-order valence-corrected chi connectivity index (χ4v) is 2.11. The first-order valence-corrected chi connectivity index (χ1v) is 6.63. The third-order valence-corrected chi connectivity index (χ3v) is 3.21. The second-order valence-electron chi connectivity index (χ2n) is 4.76. The van der Waals surface area contributed by atoms with Crippen LogP contribution in [-0.4, -0.2) is 15.9 Å². The molecule has 2 aromatic heterocycles.